The third kappa shape index (κ3) is 4.20. The van der Waals surface area contributed by atoms with Gasteiger partial charge in [0.05, 0.1) is 6.61 Å². The Morgan fingerprint density at radius 2 is 1.95 bits per heavy atom. The second-order valence-corrected chi connectivity index (χ2v) is 4.44. The number of carbonyl (C=O) groups excluding carboxylic acids is 1. The Hall–Kier alpha value is -2.14. The molecule has 1 aromatic rings. The van der Waals surface area contributed by atoms with E-state index < -0.39 is 5.97 Å². The molecule has 0 saturated heterocycles. The van der Waals surface area contributed by atoms with Crippen LogP contribution in [0.3, 0.4) is 0 Å². The van der Waals surface area contributed by atoms with Gasteiger partial charge in [0.1, 0.15) is 22.7 Å². The van der Waals surface area contributed by atoms with Crippen LogP contribution in [0.4, 0.5) is 5.95 Å². The fraction of sp³-hybridized carbons (Fsp3) is 0.417. The van der Waals surface area contributed by atoms with Crippen molar-refractivity contribution in [1.29, 1.82) is 5.26 Å². The van der Waals surface area contributed by atoms with E-state index in [0.29, 0.717) is 16.7 Å². The first-order valence-electron chi connectivity index (χ1n) is 5.83. The molecule has 0 atom stereocenters. The van der Waals surface area contributed by atoms with Gasteiger partial charge in [-0.2, -0.15) is 15.2 Å². The van der Waals surface area contributed by atoms with E-state index in [2.05, 4.69) is 20.3 Å². The van der Waals surface area contributed by atoms with Crippen molar-refractivity contribution >= 4 is 23.7 Å². The minimum atomic E-state index is -0.672. The van der Waals surface area contributed by atoms with Gasteiger partial charge in [-0.25, -0.2) is 9.78 Å². The van der Waals surface area contributed by atoms with Gasteiger partial charge in [0, 0.05) is 0 Å². The summed E-state index contributed by atoms with van der Waals surface area (Å²) in [5.41, 5.74) is -0.102. The maximum Gasteiger partial charge on any atom is 0.351 e. The average Bonchev–Trinajstić information content (AvgIpc) is 2.37. The minimum Gasteiger partial charge on any atom is -0.462 e. The number of hydrogen-bond acceptors (Lipinski definition) is 8. The van der Waals surface area contributed by atoms with Crippen LogP contribution in [0.15, 0.2) is 10.6 Å². The van der Waals surface area contributed by atoms with Crippen LogP contribution < -0.4 is 5.32 Å². The Morgan fingerprint density at radius 1 is 1.35 bits per heavy atom. The van der Waals surface area contributed by atoms with Crippen molar-refractivity contribution in [3.05, 3.63) is 22.3 Å². The Kier molecular flexibility index (Phi) is 5.93. The van der Waals surface area contributed by atoms with Crippen molar-refractivity contribution in [3.8, 4) is 6.07 Å². The van der Waals surface area contributed by atoms with Gasteiger partial charge in [0.2, 0.25) is 5.95 Å². The standard InChI is InChI=1S/C12H15N5O2S/c1-5-19-11(18)9(6-13)10(20-4)17-12-15-7(2)14-8(3)16-12/h5H2,1-4H3,(H,14,15,16,17)/b10-9+. The molecule has 0 spiro atoms. The Balaban J connectivity index is 3.11. The number of aryl methyl sites for hydroxylation is 2. The van der Waals surface area contributed by atoms with E-state index in [1.54, 1.807) is 27.0 Å². The maximum atomic E-state index is 11.7. The SMILES string of the molecule is CCOC(=O)/C(C#N)=C(\Nc1nc(C)nc(C)n1)SC. The number of nitrogens with zero attached hydrogens (tertiary/aromatic N) is 4. The molecule has 106 valence electrons. The minimum absolute atomic E-state index is 0.102. The van der Waals surface area contributed by atoms with Crippen molar-refractivity contribution in [2.75, 3.05) is 18.2 Å². The molecule has 1 heterocycles. The first-order chi connectivity index (χ1) is 9.51. The van der Waals surface area contributed by atoms with Crippen molar-refractivity contribution < 1.29 is 9.53 Å². The van der Waals surface area contributed by atoms with Gasteiger partial charge >= 0.3 is 5.97 Å². The lowest BCUT2D eigenvalue weighted by Gasteiger charge is -2.10. The molecule has 0 aliphatic carbocycles. The highest BCUT2D eigenvalue weighted by molar-refractivity contribution is 8.02. The predicted molar refractivity (Wildman–Crippen MR) is 75.7 cm³/mol. The second-order valence-electron chi connectivity index (χ2n) is 3.62. The normalized spacial score (nSPS) is 11.3. The van der Waals surface area contributed by atoms with Gasteiger partial charge in [-0.15, -0.1) is 11.8 Å². The molecule has 0 radical (unpaired) electrons. The first-order valence-corrected chi connectivity index (χ1v) is 7.06. The van der Waals surface area contributed by atoms with Crippen LogP contribution in [0, 0.1) is 25.2 Å². The summed E-state index contributed by atoms with van der Waals surface area (Å²) in [5.74, 6) is 0.718. The maximum absolute atomic E-state index is 11.7. The lowest BCUT2D eigenvalue weighted by Crippen LogP contribution is -2.13. The Morgan fingerprint density at radius 3 is 2.40 bits per heavy atom. The number of hydrogen-bond donors (Lipinski definition) is 1. The lowest BCUT2D eigenvalue weighted by molar-refractivity contribution is -0.138. The van der Waals surface area contributed by atoms with E-state index >= 15 is 0 Å². The van der Waals surface area contributed by atoms with Crippen LogP contribution in [-0.4, -0.2) is 33.8 Å². The third-order valence-electron chi connectivity index (χ3n) is 2.11. The molecule has 0 saturated carbocycles. The zero-order chi connectivity index (χ0) is 15.1. The quantitative estimate of drug-likeness (QED) is 0.496. The smallest absolute Gasteiger partial charge is 0.351 e. The molecule has 0 aromatic carbocycles. The number of esters is 1. The number of nitrogens with one attached hydrogen (secondary N) is 1. The summed E-state index contributed by atoms with van der Waals surface area (Å²) in [6.07, 6.45) is 1.74. The van der Waals surface area contributed by atoms with Crippen LogP contribution in [-0.2, 0) is 9.53 Å². The number of aromatic nitrogens is 3. The van der Waals surface area contributed by atoms with Crippen molar-refractivity contribution in [1.82, 2.24) is 15.0 Å². The van der Waals surface area contributed by atoms with Crippen LogP contribution in [0.25, 0.3) is 0 Å². The number of anilines is 1. The van der Waals surface area contributed by atoms with Gasteiger partial charge in [-0.05, 0) is 27.0 Å². The zero-order valence-corrected chi connectivity index (χ0v) is 12.5. The van der Waals surface area contributed by atoms with Gasteiger partial charge in [-0.1, -0.05) is 0 Å². The number of ether oxygens (including phenoxy) is 1. The topological polar surface area (TPSA) is 101 Å². The fourth-order valence-corrected chi connectivity index (χ4v) is 1.91. The molecule has 8 heteroatoms. The van der Waals surface area contributed by atoms with Crippen LogP contribution >= 0.6 is 11.8 Å². The van der Waals surface area contributed by atoms with Gasteiger partial charge in [-0.3, -0.25) is 0 Å². The van der Waals surface area contributed by atoms with Gasteiger partial charge < -0.3 is 10.1 Å². The van der Waals surface area contributed by atoms with Gasteiger partial charge in [0.15, 0.2) is 5.57 Å². The molecule has 20 heavy (non-hydrogen) atoms. The summed E-state index contributed by atoms with van der Waals surface area (Å²) in [5, 5.41) is 12.3. The van der Waals surface area contributed by atoms with E-state index in [-0.39, 0.29) is 18.1 Å². The molecule has 1 N–H and O–H groups in total. The molecule has 0 unspecified atom stereocenters. The number of thioether (sulfide) groups is 1. The largest absolute Gasteiger partial charge is 0.462 e. The zero-order valence-electron chi connectivity index (χ0n) is 11.7. The number of nitriles is 1. The lowest BCUT2D eigenvalue weighted by atomic mass is 10.3. The first kappa shape index (κ1) is 15.9. The Labute approximate surface area is 121 Å². The predicted octanol–water partition coefficient (Wildman–Crippen LogP) is 1.56. The highest BCUT2D eigenvalue weighted by atomic mass is 32.2. The van der Waals surface area contributed by atoms with E-state index in [9.17, 15) is 4.79 Å². The second kappa shape index (κ2) is 7.45. The summed E-state index contributed by atoms with van der Waals surface area (Å²) in [6, 6.07) is 1.84. The molecule has 0 bridgehead atoms. The van der Waals surface area contributed by atoms with Crippen molar-refractivity contribution in [2.45, 2.75) is 20.8 Å². The fourth-order valence-electron chi connectivity index (χ4n) is 1.38. The summed E-state index contributed by atoms with van der Waals surface area (Å²) < 4.78 is 4.84. The van der Waals surface area contributed by atoms with Crippen molar-refractivity contribution in [2.24, 2.45) is 0 Å². The molecule has 1 rings (SSSR count). The molecule has 7 nitrogen and oxygen atoms in total. The number of carbonyl (C=O) groups is 1. The summed E-state index contributed by atoms with van der Waals surface area (Å²) in [4.78, 5) is 23.9. The molecule has 0 fully saturated rings. The van der Waals surface area contributed by atoms with E-state index in [1.165, 1.54) is 11.8 Å². The number of rotatable bonds is 5. The summed E-state index contributed by atoms with van der Waals surface area (Å²) in [7, 11) is 0. The van der Waals surface area contributed by atoms with E-state index in [0.717, 1.165) is 0 Å². The highest BCUT2D eigenvalue weighted by Crippen LogP contribution is 2.19. The molecule has 0 aliphatic heterocycles. The average molecular weight is 293 g/mol. The third-order valence-corrected chi connectivity index (χ3v) is 2.82. The molecule has 0 aliphatic rings. The molecular weight excluding hydrogens is 278 g/mol. The van der Waals surface area contributed by atoms with E-state index in [1.807, 2.05) is 6.07 Å². The van der Waals surface area contributed by atoms with E-state index in [4.69, 9.17) is 10.00 Å². The summed E-state index contributed by atoms with van der Waals surface area (Å²) >= 11 is 1.21. The molecule has 1 aromatic heterocycles. The highest BCUT2D eigenvalue weighted by Gasteiger charge is 2.17. The van der Waals surface area contributed by atoms with Gasteiger partial charge in [0.25, 0.3) is 0 Å². The molecule has 0 amide bonds. The molecular formula is C12H15N5O2S. The monoisotopic (exact) mass is 293 g/mol. The van der Waals surface area contributed by atoms with Crippen molar-refractivity contribution in [3.63, 3.8) is 0 Å². The Bertz CT molecular complexity index is 559. The van der Waals surface area contributed by atoms with Crippen LogP contribution in [0.5, 0.6) is 0 Å². The van der Waals surface area contributed by atoms with Crippen LogP contribution in [0.1, 0.15) is 18.6 Å². The van der Waals surface area contributed by atoms with Crippen LogP contribution in [0.2, 0.25) is 0 Å². The summed E-state index contributed by atoms with van der Waals surface area (Å²) in [6.45, 7) is 5.35.